The van der Waals surface area contributed by atoms with Gasteiger partial charge in [-0.15, -0.1) is 0 Å². The van der Waals surface area contributed by atoms with Crippen LogP contribution < -0.4 is 5.32 Å². The van der Waals surface area contributed by atoms with E-state index in [2.05, 4.69) is 29.5 Å². The molecule has 1 heterocycles. The van der Waals surface area contributed by atoms with Crippen LogP contribution in [0.4, 0.5) is 0 Å². The van der Waals surface area contributed by atoms with E-state index in [0.717, 1.165) is 29.7 Å². The summed E-state index contributed by atoms with van der Waals surface area (Å²) in [5.74, 6) is 0. The van der Waals surface area contributed by atoms with Crippen molar-refractivity contribution in [3.05, 3.63) is 30.0 Å². The molecule has 104 valence electrons. The zero-order valence-electron chi connectivity index (χ0n) is 12.0. The van der Waals surface area contributed by atoms with Crippen molar-refractivity contribution in [2.24, 2.45) is 0 Å². The van der Waals surface area contributed by atoms with Gasteiger partial charge in [0.2, 0.25) is 0 Å². The Morgan fingerprint density at radius 3 is 2.74 bits per heavy atom. The lowest BCUT2D eigenvalue weighted by atomic mass is 9.98. The van der Waals surface area contributed by atoms with Crippen LogP contribution in [0, 0.1) is 0 Å². The lowest BCUT2D eigenvalue weighted by Gasteiger charge is -2.22. The highest BCUT2D eigenvalue weighted by Crippen LogP contribution is 2.22. The molecule has 0 amide bonds. The molecule has 0 aliphatic heterocycles. The fourth-order valence-electron chi connectivity index (χ4n) is 2.39. The number of para-hydroxylation sites is 1. The summed E-state index contributed by atoms with van der Waals surface area (Å²) in [4.78, 5) is 0. The van der Waals surface area contributed by atoms with Gasteiger partial charge in [0, 0.05) is 24.9 Å². The number of fused-ring (bicyclic) bond motifs is 1. The number of aliphatic hydroxyl groups is 1. The van der Waals surface area contributed by atoms with E-state index in [1.807, 2.05) is 30.7 Å². The molecule has 4 nitrogen and oxygen atoms in total. The quantitative estimate of drug-likeness (QED) is 0.835. The van der Waals surface area contributed by atoms with Crippen molar-refractivity contribution in [1.82, 2.24) is 15.1 Å². The van der Waals surface area contributed by atoms with Crippen LogP contribution >= 0.6 is 0 Å². The molecule has 0 aliphatic rings. The summed E-state index contributed by atoms with van der Waals surface area (Å²) in [6, 6.07) is 8.20. The Morgan fingerprint density at radius 1 is 1.32 bits per heavy atom. The number of nitrogens with zero attached hydrogens (tertiary/aromatic N) is 2. The first-order chi connectivity index (χ1) is 9.07. The Morgan fingerprint density at radius 2 is 2.05 bits per heavy atom. The maximum absolute atomic E-state index is 10.4. The third-order valence-corrected chi connectivity index (χ3v) is 3.34. The van der Waals surface area contributed by atoms with Gasteiger partial charge in [0.05, 0.1) is 16.8 Å². The molecule has 0 saturated carbocycles. The fourth-order valence-corrected chi connectivity index (χ4v) is 2.39. The predicted octanol–water partition coefficient (Wildman–Crippen LogP) is 1.96. The van der Waals surface area contributed by atoms with Gasteiger partial charge in [-0.1, -0.05) is 25.1 Å². The van der Waals surface area contributed by atoms with Crippen LogP contribution in [0.1, 0.15) is 26.5 Å². The molecule has 0 bridgehead atoms. The van der Waals surface area contributed by atoms with Crippen molar-refractivity contribution in [2.45, 2.75) is 39.3 Å². The number of aryl methyl sites for hydroxylation is 1. The van der Waals surface area contributed by atoms with Crippen LogP contribution in [-0.4, -0.2) is 33.6 Å². The Bertz CT molecular complexity index is 545. The first-order valence-electron chi connectivity index (χ1n) is 6.95. The summed E-state index contributed by atoms with van der Waals surface area (Å²) in [6.45, 7) is 8.26. The van der Waals surface area contributed by atoms with Crippen LogP contribution in [0.15, 0.2) is 24.3 Å². The number of likely N-dealkylation sites (N-methyl/N-ethyl adjacent to an activating group) is 1. The largest absolute Gasteiger partial charge is 0.388 e. The molecule has 1 aromatic heterocycles. The van der Waals surface area contributed by atoms with E-state index in [1.165, 1.54) is 0 Å². The number of hydrogen-bond acceptors (Lipinski definition) is 3. The first kappa shape index (κ1) is 14.0. The molecule has 1 atom stereocenters. The van der Waals surface area contributed by atoms with Crippen molar-refractivity contribution < 1.29 is 5.11 Å². The van der Waals surface area contributed by atoms with E-state index in [-0.39, 0.29) is 0 Å². The van der Waals surface area contributed by atoms with Gasteiger partial charge in [-0.05, 0) is 26.5 Å². The van der Waals surface area contributed by atoms with E-state index < -0.39 is 5.60 Å². The highest BCUT2D eigenvalue weighted by atomic mass is 16.3. The Kier molecular flexibility index (Phi) is 4.22. The number of benzene rings is 1. The third kappa shape index (κ3) is 3.14. The van der Waals surface area contributed by atoms with Gasteiger partial charge in [-0.25, -0.2) is 0 Å². The average molecular weight is 261 g/mol. The molecule has 0 saturated heterocycles. The maximum Gasteiger partial charge on any atom is 0.0799 e. The summed E-state index contributed by atoms with van der Waals surface area (Å²) >= 11 is 0. The minimum Gasteiger partial charge on any atom is -0.388 e. The Hall–Kier alpha value is -1.39. The SMILES string of the molecule is CCNCC(C)(O)Cc1nn(CC)c2ccccc12. The van der Waals surface area contributed by atoms with Gasteiger partial charge in [0.25, 0.3) is 0 Å². The van der Waals surface area contributed by atoms with E-state index in [0.29, 0.717) is 13.0 Å². The molecule has 19 heavy (non-hydrogen) atoms. The molecule has 4 heteroatoms. The molecular formula is C15H23N3O. The fraction of sp³-hybridized carbons (Fsp3) is 0.533. The number of nitrogens with one attached hydrogen (secondary N) is 1. The molecule has 0 spiro atoms. The molecule has 0 aliphatic carbocycles. The molecule has 1 aromatic carbocycles. The lowest BCUT2D eigenvalue weighted by molar-refractivity contribution is 0.0599. The van der Waals surface area contributed by atoms with Gasteiger partial charge < -0.3 is 10.4 Å². The minimum absolute atomic E-state index is 0.563. The number of aromatic nitrogens is 2. The first-order valence-corrected chi connectivity index (χ1v) is 6.95. The molecule has 0 fully saturated rings. The topological polar surface area (TPSA) is 50.1 Å². The monoisotopic (exact) mass is 261 g/mol. The number of rotatable bonds is 6. The van der Waals surface area contributed by atoms with Crippen molar-refractivity contribution in [3.63, 3.8) is 0 Å². The third-order valence-electron chi connectivity index (χ3n) is 3.34. The summed E-state index contributed by atoms with van der Waals surface area (Å²) in [6.07, 6.45) is 0.563. The number of hydrogen-bond donors (Lipinski definition) is 2. The zero-order valence-corrected chi connectivity index (χ0v) is 12.0. The molecule has 2 rings (SSSR count). The average Bonchev–Trinajstić information content (AvgIpc) is 2.74. The molecule has 2 N–H and O–H groups in total. The van der Waals surface area contributed by atoms with E-state index in [9.17, 15) is 5.11 Å². The minimum atomic E-state index is -0.772. The highest BCUT2D eigenvalue weighted by molar-refractivity contribution is 5.82. The molecular weight excluding hydrogens is 238 g/mol. The predicted molar refractivity (Wildman–Crippen MR) is 78.3 cm³/mol. The van der Waals surface area contributed by atoms with E-state index in [4.69, 9.17) is 0 Å². The Balaban J connectivity index is 2.30. The van der Waals surface area contributed by atoms with Crippen molar-refractivity contribution in [1.29, 1.82) is 0 Å². The molecule has 1 unspecified atom stereocenters. The molecule has 2 aromatic rings. The standard InChI is InChI=1S/C15H23N3O/c1-4-16-11-15(3,19)10-13-12-8-6-7-9-14(12)18(5-2)17-13/h6-9,16,19H,4-5,10-11H2,1-3H3. The van der Waals surface area contributed by atoms with Crippen molar-refractivity contribution in [2.75, 3.05) is 13.1 Å². The van der Waals surface area contributed by atoms with Gasteiger partial charge in [-0.2, -0.15) is 5.10 Å². The van der Waals surface area contributed by atoms with Crippen molar-refractivity contribution in [3.8, 4) is 0 Å². The van der Waals surface area contributed by atoms with Crippen LogP contribution in [0.2, 0.25) is 0 Å². The normalized spacial score (nSPS) is 14.7. The second kappa shape index (κ2) is 5.72. The smallest absolute Gasteiger partial charge is 0.0799 e. The van der Waals surface area contributed by atoms with Crippen molar-refractivity contribution >= 4 is 10.9 Å². The summed E-state index contributed by atoms with van der Waals surface area (Å²) in [5.41, 5.74) is 1.34. The lowest BCUT2D eigenvalue weighted by Crippen LogP contribution is -2.39. The summed E-state index contributed by atoms with van der Waals surface area (Å²) < 4.78 is 1.99. The van der Waals surface area contributed by atoms with Gasteiger partial charge >= 0.3 is 0 Å². The van der Waals surface area contributed by atoms with Crippen LogP contribution in [-0.2, 0) is 13.0 Å². The summed E-state index contributed by atoms with van der Waals surface area (Å²) in [7, 11) is 0. The second-order valence-corrected chi connectivity index (χ2v) is 5.23. The maximum atomic E-state index is 10.4. The van der Waals surface area contributed by atoms with Crippen LogP contribution in [0.3, 0.4) is 0 Å². The van der Waals surface area contributed by atoms with Gasteiger partial charge in [-0.3, -0.25) is 4.68 Å². The zero-order chi connectivity index (χ0) is 13.9. The van der Waals surface area contributed by atoms with E-state index in [1.54, 1.807) is 0 Å². The van der Waals surface area contributed by atoms with Gasteiger partial charge in [0.15, 0.2) is 0 Å². The Labute approximate surface area is 114 Å². The van der Waals surface area contributed by atoms with Crippen LogP contribution in [0.5, 0.6) is 0 Å². The van der Waals surface area contributed by atoms with Crippen LogP contribution in [0.25, 0.3) is 10.9 Å². The highest BCUT2D eigenvalue weighted by Gasteiger charge is 2.23. The summed E-state index contributed by atoms with van der Waals surface area (Å²) in [5, 5.41) is 19.4. The molecule has 0 radical (unpaired) electrons. The van der Waals surface area contributed by atoms with E-state index >= 15 is 0 Å². The van der Waals surface area contributed by atoms with Gasteiger partial charge in [0.1, 0.15) is 0 Å². The second-order valence-electron chi connectivity index (χ2n) is 5.23.